The lowest BCUT2D eigenvalue weighted by Crippen LogP contribution is -2.30. The number of hydrogen-bond acceptors (Lipinski definition) is 1. The number of nitrogens with zero attached hydrogens (tertiary/aromatic N) is 1. The maximum absolute atomic E-state index is 2.50. The topological polar surface area (TPSA) is 3.24 Å². The first kappa shape index (κ1) is 29.1. The molecule has 9 rings (SSSR count). The summed E-state index contributed by atoms with van der Waals surface area (Å²) in [7, 11) is 0. The second-order valence-electron chi connectivity index (χ2n) is 15.7. The molecule has 0 aromatic heterocycles. The fourth-order valence-electron chi connectivity index (χ4n) is 10.4. The number of fused-ring (bicyclic) bond motifs is 5. The third kappa shape index (κ3) is 4.72. The molecule has 3 saturated carbocycles. The third-order valence-electron chi connectivity index (χ3n) is 12.9. The van der Waals surface area contributed by atoms with Crippen molar-refractivity contribution >= 4 is 17.1 Å². The van der Waals surface area contributed by atoms with Crippen LogP contribution in [0.15, 0.2) is 121 Å². The van der Waals surface area contributed by atoms with Crippen molar-refractivity contribution in [3.8, 4) is 11.1 Å². The third-order valence-corrected chi connectivity index (χ3v) is 12.9. The van der Waals surface area contributed by atoms with Crippen molar-refractivity contribution in [2.75, 3.05) is 4.90 Å². The predicted octanol–water partition coefficient (Wildman–Crippen LogP) is 12.6. The maximum atomic E-state index is 2.50. The predicted molar refractivity (Wildman–Crippen MR) is 197 cm³/mol. The van der Waals surface area contributed by atoms with Gasteiger partial charge >= 0.3 is 0 Å². The smallest absolute Gasteiger partial charge is 0.0465 e. The largest absolute Gasteiger partial charge is 0.310 e. The SMILES string of the molecule is CC1(C)c2ccccc2-c2ccc(N(c3ccc(C4CC5CCC4C5)cc3)c3ccc(C4(c5ccccc5)CCCCC4)cc3)cc21. The minimum absolute atomic E-state index is 0.0356. The number of anilines is 3. The van der Waals surface area contributed by atoms with Crippen LogP contribution in [0.3, 0.4) is 0 Å². The van der Waals surface area contributed by atoms with E-state index in [0.717, 1.165) is 17.8 Å². The first-order chi connectivity index (χ1) is 23.0. The van der Waals surface area contributed by atoms with Crippen molar-refractivity contribution in [2.45, 2.75) is 88.4 Å². The molecule has 1 heteroatoms. The van der Waals surface area contributed by atoms with Gasteiger partial charge in [-0.1, -0.05) is 124 Å². The summed E-state index contributed by atoms with van der Waals surface area (Å²) in [5.74, 6) is 2.60. The molecule has 0 N–H and O–H groups in total. The Balaban J connectivity index is 1.13. The van der Waals surface area contributed by atoms with Gasteiger partial charge in [-0.2, -0.15) is 0 Å². The highest BCUT2D eigenvalue weighted by Gasteiger charge is 2.40. The van der Waals surface area contributed by atoms with E-state index in [1.807, 2.05) is 0 Å². The van der Waals surface area contributed by atoms with Gasteiger partial charge in [-0.05, 0) is 125 Å². The molecule has 3 unspecified atom stereocenters. The average molecular weight is 614 g/mol. The van der Waals surface area contributed by atoms with Crippen LogP contribution in [-0.2, 0) is 10.8 Å². The van der Waals surface area contributed by atoms with Crippen LogP contribution >= 0.6 is 0 Å². The number of rotatable bonds is 6. The normalized spacial score (nSPS) is 23.3. The van der Waals surface area contributed by atoms with E-state index in [2.05, 4.69) is 140 Å². The van der Waals surface area contributed by atoms with Crippen LogP contribution in [0.25, 0.3) is 11.1 Å². The fourth-order valence-corrected chi connectivity index (χ4v) is 10.4. The number of benzene rings is 5. The van der Waals surface area contributed by atoms with Gasteiger partial charge in [0.1, 0.15) is 0 Å². The van der Waals surface area contributed by atoms with E-state index in [1.54, 1.807) is 5.56 Å². The molecule has 0 saturated heterocycles. The van der Waals surface area contributed by atoms with Crippen LogP contribution in [0.1, 0.15) is 105 Å². The molecule has 5 aromatic carbocycles. The van der Waals surface area contributed by atoms with Crippen molar-refractivity contribution < 1.29 is 0 Å². The Kier molecular flexibility index (Phi) is 6.96. The van der Waals surface area contributed by atoms with E-state index in [4.69, 9.17) is 0 Å². The van der Waals surface area contributed by atoms with Gasteiger partial charge in [0.2, 0.25) is 0 Å². The zero-order chi connectivity index (χ0) is 31.6. The van der Waals surface area contributed by atoms with Gasteiger partial charge in [0, 0.05) is 27.9 Å². The molecular weight excluding hydrogens is 567 g/mol. The molecule has 2 bridgehead atoms. The summed E-state index contributed by atoms with van der Waals surface area (Å²) >= 11 is 0. The van der Waals surface area contributed by atoms with E-state index < -0.39 is 0 Å². The van der Waals surface area contributed by atoms with Gasteiger partial charge in [0.05, 0.1) is 0 Å². The Morgan fingerprint density at radius 1 is 0.553 bits per heavy atom. The lowest BCUT2D eigenvalue weighted by atomic mass is 9.65. The average Bonchev–Trinajstić information content (AvgIpc) is 3.83. The van der Waals surface area contributed by atoms with Gasteiger partial charge in [-0.15, -0.1) is 0 Å². The highest BCUT2D eigenvalue weighted by Crippen LogP contribution is 2.54. The highest BCUT2D eigenvalue weighted by molar-refractivity contribution is 5.85. The Labute approximate surface area is 281 Å². The second-order valence-corrected chi connectivity index (χ2v) is 15.7. The standard InChI is InChI=1S/C46H47N/c1-45(2)43-14-8-7-13-40(43)41-26-25-39(31-44(41)45)47(37-21-17-33(18-22-37)42-30-32-15-16-34(42)29-32)38-23-19-36(20-24-38)46(27-9-4-10-28-46)35-11-5-3-6-12-35/h3,5-8,11-14,17-26,31-32,34,42H,4,9-10,15-16,27-30H2,1-2H3. The van der Waals surface area contributed by atoms with Gasteiger partial charge in [-0.25, -0.2) is 0 Å². The summed E-state index contributed by atoms with van der Waals surface area (Å²) in [6.07, 6.45) is 12.1. The van der Waals surface area contributed by atoms with E-state index in [9.17, 15) is 0 Å². The molecule has 5 aromatic rings. The van der Waals surface area contributed by atoms with E-state index in [1.165, 1.54) is 108 Å². The molecule has 3 atom stereocenters. The molecular formula is C46H47N. The quantitative estimate of drug-likeness (QED) is 0.184. The summed E-state index contributed by atoms with van der Waals surface area (Å²) in [6.45, 7) is 4.77. The Morgan fingerprint density at radius 3 is 1.89 bits per heavy atom. The molecule has 47 heavy (non-hydrogen) atoms. The Morgan fingerprint density at radius 2 is 1.19 bits per heavy atom. The van der Waals surface area contributed by atoms with Gasteiger partial charge in [-0.3, -0.25) is 0 Å². The van der Waals surface area contributed by atoms with Crippen LogP contribution < -0.4 is 4.90 Å². The zero-order valence-electron chi connectivity index (χ0n) is 28.1. The van der Waals surface area contributed by atoms with Gasteiger partial charge in [0.25, 0.3) is 0 Å². The van der Waals surface area contributed by atoms with Crippen LogP contribution in [0.4, 0.5) is 17.1 Å². The van der Waals surface area contributed by atoms with Crippen LogP contribution in [0, 0.1) is 11.8 Å². The summed E-state index contributed by atoms with van der Waals surface area (Å²) in [5, 5.41) is 0. The van der Waals surface area contributed by atoms with Crippen molar-refractivity contribution in [2.24, 2.45) is 11.8 Å². The first-order valence-corrected chi connectivity index (χ1v) is 18.3. The number of hydrogen-bond donors (Lipinski definition) is 0. The fraction of sp³-hybridized carbons (Fsp3) is 0.348. The molecule has 4 aliphatic rings. The summed E-state index contributed by atoms with van der Waals surface area (Å²) in [6, 6.07) is 46.8. The molecule has 0 aliphatic heterocycles. The van der Waals surface area contributed by atoms with E-state index in [0.29, 0.717) is 0 Å². The summed E-state index contributed by atoms with van der Waals surface area (Å²) < 4.78 is 0. The molecule has 1 nitrogen and oxygen atoms in total. The molecule has 236 valence electrons. The van der Waals surface area contributed by atoms with Crippen LogP contribution in [0.5, 0.6) is 0 Å². The summed E-state index contributed by atoms with van der Waals surface area (Å²) in [5.41, 5.74) is 13.9. The van der Waals surface area contributed by atoms with Gasteiger partial charge in [0.15, 0.2) is 0 Å². The molecule has 0 amide bonds. The molecule has 0 spiro atoms. The summed E-state index contributed by atoms with van der Waals surface area (Å²) in [4.78, 5) is 2.50. The van der Waals surface area contributed by atoms with Crippen molar-refractivity contribution in [3.05, 3.63) is 149 Å². The second kappa shape index (κ2) is 11.3. The highest BCUT2D eigenvalue weighted by atomic mass is 15.1. The molecule has 0 radical (unpaired) electrons. The van der Waals surface area contributed by atoms with Crippen molar-refractivity contribution in [1.82, 2.24) is 0 Å². The minimum atomic E-state index is -0.0356. The van der Waals surface area contributed by atoms with Crippen molar-refractivity contribution in [3.63, 3.8) is 0 Å². The lowest BCUT2D eigenvalue weighted by molar-refractivity contribution is 0.346. The molecule has 0 heterocycles. The Hall–Kier alpha value is -4.10. The molecule has 4 aliphatic carbocycles. The Bertz CT molecular complexity index is 1890. The lowest BCUT2D eigenvalue weighted by Gasteiger charge is -2.39. The zero-order valence-corrected chi connectivity index (χ0v) is 28.1. The van der Waals surface area contributed by atoms with E-state index in [-0.39, 0.29) is 10.8 Å². The van der Waals surface area contributed by atoms with E-state index >= 15 is 0 Å². The monoisotopic (exact) mass is 613 g/mol. The maximum Gasteiger partial charge on any atom is 0.0465 e. The van der Waals surface area contributed by atoms with Crippen LogP contribution in [0.2, 0.25) is 0 Å². The van der Waals surface area contributed by atoms with Crippen LogP contribution in [-0.4, -0.2) is 0 Å². The minimum Gasteiger partial charge on any atom is -0.310 e. The van der Waals surface area contributed by atoms with Crippen molar-refractivity contribution in [1.29, 1.82) is 0 Å². The van der Waals surface area contributed by atoms with Gasteiger partial charge < -0.3 is 4.90 Å². The molecule has 3 fully saturated rings. The first-order valence-electron chi connectivity index (χ1n) is 18.3.